The Kier molecular flexibility index (Phi) is 5.34. The molecule has 2 aromatic carbocycles. The Morgan fingerprint density at radius 3 is 2.38 bits per heavy atom. The van der Waals surface area contributed by atoms with Crippen molar-refractivity contribution in [3.05, 3.63) is 63.1 Å². The molecule has 0 fully saturated rings. The normalized spacial score (nSPS) is 10.8. The van der Waals surface area contributed by atoms with Gasteiger partial charge >= 0.3 is 11.6 Å². The van der Waals surface area contributed by atoms with Gasteiger partial charge in [0.2, 0.25) is 0 Å². The highest BCUT2D eigenvalue weighted by atomic mass is 127. The van der Waals surface area contributed by atoms with Crippen molar-refractivity contribution in [2.45, 2.75) is 0 Å². The van der Waals surface area contributed by atoms with Gasteiger partial charge in [0.1, 0.15) is 16.9 Å². The quantitative estimate of drug-likeness (QED) is 0.190. The number of halogens is 3. The summed E-state index contributed by atoms with van der Waals surface area (Å²) in [5.41, 5.74) is -0.722. The molecule has 0 unspecified atom stereocenters. The van der Waals surface area contributed by atoms with Crippen molar-refractivity contribution >= 4 is 84.7 Å². The lowest BCUT2D eigenvalue weighted by Gasteiger charge is -2.09. The summed E-state index contributed by atoms with van der Waals surface area (Å²) >= 11 is 6.31. The number of hydrogen-bond acceptors (Lipinski definition) is 5. The van der Waals surface area contributed by atoms with E-state index in [1.54, 1.807) is 0 Å². The second-order valence-electron chi connectivity index (χ2n) is 4.76. The number of carbonyl (C=O) groups is 1. The zero-order chi connectivity index (χ0) is 17.4. The minimum absolute atomic E-state index is 0.0115. The highest BCUT2D eigenvalue weighted by Crippen LogP contribution is 2.30. The van der Waals surface area contributed by atoms with Crippen LogP contribution in [0.3, 0.4) is 0 Å². The van der Waals surface area contributed by atoms with Crippen LogP contribution in [0.1, 0.15) is 10.4 Å². The van der Waals surface area contributed by atoms with Gasteiger partial charge in [-0.15, -0.1) is 0 Å². The molecule has 3 aromatic rings. The van der Waals surface area contributed by atoms with Crippen LogP contribution in [0.25, 0.3) is 11.0 Å². The van der Waals surface area contributed by atoms with Crippen molar-refractivity contribution in [2.24, 2.45) is 0 Å². The van der Waals surface area contributed by atoms with Crippen molar-refractivity contribution in [3.8, 4) is 11.5 Å². The monoisotopic (exact) mass is 660 g/mol. The number of phenolic OH excluding ortho intramolecular Hbond substituents is 1. The third-order valence-electron chi connectivity index (χ3n) is 3.09. The molecule has 1 aromatic heterocycles. The topological polar surface area (TPSA) is 76.7 Å². The van der Waals surface area contributed by atoms with Crippen LogP contribution < -0.4 is 10.4 Å². The van der Waals surface area contributed by atoms with Crippen LogP contribution in [0.15, 0.2) is 45.6 Å². The van der Waals surface area contributed by atoms with Gasteiger partial charge < -0.3 is 14.3 Å². The van der Waals surface area contributed by atoms with Crippen LogP contribution in [0.4, 0.5) is 0 Å². The Morgan fingerprint density at radius 1 is 1.04 bits per heavy atom. The highest BCUT2D eigenvalue weighted by molar-refractivity contribution is 14.1. The minimum Gasteiger partial charge on any atom is -0.508 e. The standard InChI is InChI=1S/C16H7I3O5/c17-8-5-11(18)14(12(19)6-8)24-16(22)10-4-7-3-9(20)1-2-13(7)23-15(10)21/h1-6,20H. The number of ether oxygens (including phenoxy) is 1. The molecule has 8 heteroatoms. The van der Waals surface area contributed by atoms with Gasteiger partial charge in [-0.2, -0.15) is 0 Å². The van der Waals surface area contributed by atoms with Crippen LogP contribution in [0.2, 0.25) is 0 Å². The molecule has 5 nitrogen and oxygen atoms in total. The molecule has 1 N–H and O–H groups in total. The Labute approximate surface area is 176 Å². The summed E-state index contributed by atoms with van der Waals surface area (Å²) in [5, 5.41) is 9.96. The van der Waals surface area contributed by atoms with E-state index in [4.69, 9.17) is 9.15 Å². The van der Waals surface area contributed by atoms with Crippen LogP contribution in [0, 0.1) is 10.7 Å². The molecule has 1 heterocycles. The van der Waals surface area contributed by atoms with Gasteiger partial charge in [0.25, 0.3) is 0 Å². The van der Waals surface area contributed by atoms with E-state index in [0.717, 1.165) is 10.7 Å². The molecule has 122 valence electrons. The van der Waals surface area contributed by atoms with E-state index in [1.165, 1.54) is 24.3 Å². The molecule has 0 spiro atoms. The van der Waals surface area contributed by atoms with E-state index in [1.807, 2.05) is 12.1 Å². The van der Waals surface area contributed by atoms with Crippen LogP contribution >= 0.6 is 67.8 Å². The molecule has 0 radical (unpaired) electrons. The minimum atomic E-state index is -0.800. The highest BCUT2D eigenvalue weighted by Gasteiger charge is 2.19. The Balaban J connectivity index is 2.03. The number of carbonyl (C=O) groups excluding carboxylic acids is 1. The summed E-state index contributed by atoms with van der Waals surface area (Å²) in [6.07, 6.45) is 0. The maximum atomic E-state index is 12.4. The van der Waals surface area contributed by atoms with Crippen molar-refractivity contribution < 1.29 is 19.1 Å². The summed E-state index contributed by atoms with van der Waals surface area (Å²) in [5.74, 6) is -0.388. The molecular weight excluding hydrogens is 653 g/mol. The number of rotatable bonds is 2. The third-order valence-corrected chi connectivity index (χ3v) is 5.32. The second kappa shape index (κ2) is 7.15. The van der Waals surface area contributed by atoms with E-state index >= 15 is 0 Å². The lowest BCUT2D eigenvalue weighted by atomic mass is 10.2. The van der Waals surface area contributed by atoms with Gasteiger partial charge in [0.15, 0.2) is 5.75 Å². The van der Waals surface area contributed by atoms with Crippen LogP contribution in [-0.2, 0) is 0 Å². The Morgan fingerprint density at radius 2 is 1.71 bits per heavy atom. The average molecular weight is 660 g/mol. The molecule has 0 aliphatic heterocycles. The predicted molar refractivity (Wildman–Crippen MR) is 114 cm³/mol. The smallest absolute Gasteiger partial charge is 0.351 e. The fourth-order valence-electron chi connectivity index (χ4n) is 2.03. The summed E-state index contributed by atoms with van der Waals surface area (Å²) < 4.78 is 13.1. The lowest BCUT2D eigenvalue weighted by molar-refractivity contribution is 0.0727. The number of esters is 1. The summed E-state index contributed by atoms with van der Waals surface area (Å²) in [4.78, 5) is 24.4. The molecular formula is C16H7I3O5. The third kappa shape index (κ3) is 3.69. The molecule has 0 aliphatic rings. The first-order valence-corrected chi connectivity index (χ1v) is 9.72. The van der Waals surface area contributed by atoms with Gasteiger partial charge in [-0.3, -0.25) is 0 Å². The lowest BCUT2D eigenvalue weighted by Crippen LogP contribution is -2.19. The number of benzene rings is 2. The van der Waals surface area contributed by atoms with Crippen molar-refractivity contribution in [3.63, 3.8) is 0 Å². The van der Waals surface area contributed by atoms with Crippen LogP contribution in [0.5, 0.6) is 11.5 Å². The van der Waals surface area contributed by atoms with E-state index in [9.17, 15) is 14.7 Å². The number of aromatic hydroxyl groups is 1. The van der Waals surface area contributed by atoms with E-state index in [2.05, 4.69) is 67.8 Å². The first-order valence-electron chi connectivity index (χ1n) is 6.49. The number of phenols is 1. The van der Waals surface area contributed by atoms with Gasteiger partial charge in [-0.05, 0) is 104 Å². The van der Waals surface area contributed by atoms with Crippen molar-refractivity contribution in [1.29, 1.82) is 0 Å². The van der Waals surface area contributed by atoms with Gasteiger partial charge in [-0.25, -0.2) is 9.59 Å². The first kappa shape index (κ1) is 17.9. The van der Waals surface area contributed by atoms with E-state index < -0.39 is 11.6 Å². The maximum absolute atomic E-state index is 12.4. The maximum Gasteiger partial charge on any atom is 0.351 e. The van der Waals surface area contributed by atoms with Gasteiger partial charge in [-0.1, -0.05) is 0 Å². The second-order valence-corrected chi connectivity index (χ2v) is 8.33. The SMILES string of the molecule is O=C(Oc1c(I)cc(I)cc1I)c1cc2cc(O)ccc2oc1=O. The summed E-state index contributed by atoms with van der Waals surface area (Å²) in [6.45, 7) is 0. The van der Waals surface area contributed by atoms with Crippen molar-refractivity contribution in [2.75, 3.05) is 0 Å². The molecule has 3 rings (SSSR count). The molecule has 24 heavy (non-hydrogen) atoms. The first-order chi connectivity index (χ1) is 11.3. The molecule has 0 bridgehead atoms. The van der Waals surface area contributed by atoms with E-state index in [0.29, 0.717) is 11.1 Å². The molecule has 0 saturated carbocycles. The molecule has 0 amide bonds. The Bertz CT molecular complexity index is 1000. The molecule has 0 aliphatic carbocycles. The van der Waals surface area contributed by atoms with Crippen LogP contribution in [-0.4, -0.2) is 11.1 Å². The fraction of sp³-hybridized carbons (Fsp3) is 0. The number of fused-ring (bicyclic) bond motifs is 1. The predicted octanol–water partition coefficient (Wildman–Crippen LogP) is 4.53. The van der Waals surface area contributed by atoms with Gasteiger partial charge in [0.05, 0.1) is 7.14 Å². The largest absolute Gasteiger partial charge is 0.508 e. The Hall–Kier alpha value is -0.890. The zero-order valence-corrected chi connectivity index (χ0v) is 18.2. The summed E-state index contributed by atoms with van der Waals surface area (Å²) in [7, 11) is 0. The van der Waals surface area contributed by atoms with Crippen molar-refractivity contribution in [1.82, 2.24) is 0 Å². The average Bonchev–Trinajstić information content (AvgIpc) is 2.50. The molecule has 0 saturated heterocycles. The summed E-state index contributed by atoms with van der Waals surface area (Å²) in [6, 6.07) is 9.37. The van der Waals surface area contributed by atoms with E-state index in [-0.39, 0.29) is 16.9 Å². The number of hydrogen-bond donors (Lipinski definition) is 1. The molecule has 0 atom stereocenters. The fourth-order valence-corrected chi connectivity index (χ4v) is 5.83. The zero-order valence-electron chi connectivity index (χ0n) is 11.7. The van der Waals surface area contributed by atoms with Gasteiger partial charge in [0, 0.05) is 8.96 Å².